The van der Waals surface area contributed by atoms with E-state index in [1.54, 1.807) is 6.08 Å². The molecule has 1 atom stereocenters. The second kappa shape index (κ2) is 9.60. The van der Waals surface area contributed by atoms with Gasteiger partial charge in [-0.05, 0) is 31.9 Å². The molecule has 2 N–H and O–H groups in total. The van der Waals surface area contributed by atoms with Crippen LogP contribution in [0.4, 0.5) is 0 Å². The molecule has 1 heterocycles. The molecule has 0 radical (unpaired) electrons. The maximum absolute atomic E-state index is 12.1. The molecule has 0 saturated carbocycles. The molecule has 1 aliphatic rings. The number of carbonyl (C=O) groups is 3. The van der Waals surface area contributed by atoms with E-state index in [-0.39, 0.29) is 25.0 Å². The number of rotatable bonds is 7. The zero-order chi connectivity index (χ0) is 18.9. The number of benzene rings is 1. The molecule has 7 nitrogen and oxygen atoms in total. The fourth-order valence-electron chi connectivity index (χ4n) is 2.77. The second-order valence-electron chi connectivity index (χ2n) is 5.99. The van der Waals surface area contributed by atoms with Crippen LogP contribution < -0.4 is 10.5 Å². The van der Waals surface area contributed by atoms with Crippen LogP contribution in [0, 0.1) is 5.92 Å². The van der Waals surface area contributed by atoms with Gasteiger partial charge in [0.2, 0.25) is 5.91 Å². The number of nitrogens with zero attached hydrogens (tertiary/aromatic N) is 1. The van der Waals surface area contributed by atoms with Gasteiger partial charge in [-0.2, -0.15) is 0 Å². The first-order valence-electron chi connectivity index (χ1n) is 8.65. The van der Waals surface area contributed by atoms with Crippen molar-refractivity contribution in [1.29, 1.82) is 0 Å². The van der Waals surface area contributed by atoms with Gasteiger partial charge in [-0.25, -0.2) is 4.79 Å². The Morgan fingerprint density at radius 1 is 1.31 bits per heavy atom. The van der Waals surface area contributed by atoms with Crippen LogP contribution in [0.15, 0.2) is 30.3 Å². The third-order valence-corrected chi connectivity index (χ3v) is 4.13. The van der Waals surface area contributed by atoms with Crippen LogP contribution in [-0.2, 0) is 19.1 Å². The summed E-state index contributed by atoms with van der Waals surface area (Å²) in [7, 11) is 0. The minimum absolute atomic E-state index is 0.281. The zero-order valence-electron chi connectivity index (χ0n) is 14.8. The summed E-state index contributed by atoms with van der Waals surface area (Å²) in [6.45, 7) is 2.86. The highest BCUT2D eigenvalue weighted by atomic mass is 16.5. The molecule has 0 bridgehead atoms. The topological polar surface area (TPSA) is 98.9 Å². The Bertz CT molecular complexity index is 686. The average molecular weight is 360 g/mol. The van der Waals surface area contributed by atoms with Gasteiger partial charge in [-0.3, -0.25) is 9.59 Å². The van der Waals surface area contributed by atoms with Gasteiger partial charge >= 0.3 is 5.97 Å². The minimum Gasteiger partial charge on any atom is -0.493 e. The maximum atomic E-state index is 12.1. The van der Waals surface area contributed by atoms with E-state index in [1.807, 2.05) is 31.2 Å². The quantitative estimate of drug-likeness (QED) is 0.585. The fourth-order valence-corrected chi connectivity index (χ4v) is 2.77. The molecule has 1 fully saturated rings. The van der Waals surface area contributed by atoms with Crippen molar-refractivity contribution in [2.45, 2.75) is 19.8 Å². The molecule has 26 heavy (non-hydrogen) atoms. The normalized spacial score (nSPS) is 17.1. The van der Waals surface area contributed by atoms with Crippen molar-refractivity contribution in [1.82, 2.24) is 4.90 Å². The highest BCUT2D eigenvalue weighted by Crippen LogP contribution is 2.19. The molecule has 1 saturated heterocycles. The molecule has 1 aromatic rings. The summed E-state index contributed by atoms with van der Waals surface area (Å²) in [5.74, 6) is -1.02. The summed E-state index contributed by atoms with van der Waals surface area (Å²) in [5.41, 5.74) is 6.05. The number of hydrogen-bond acceptors (Lipinski definition) is 5. The summed E-state index contributed by atoms with van der Waals surface area (Å²) in [6.07, 6.45) is 4.23. The Kier molecular flexibility index (Phi) is 7.20. The van der Waals surface area contributed by atoms with E-state index in [1.165, 1.54) is 11.0 Å². The van der Waals surface area contributed by atoms with E-state index in [2.05, 4.69) is 0 Å². The lowest BCUT2D eigenvalue weighted by atomic mass is 9.97. The van der Waals surface area contributed by atoms with Crippen molar-refractivity contribution < 1.29 is 23.9 Å². The molecule has 2 amide bonds. The van der Waals surface area contributed by atoms with Crippen molar-refractivity contribution in [3.63, 3.8) is 0 Å². The summed E-state index contributed by atoms with van der Waals surface area (Å²) in [4.78, 5) is 36.8. The Balaban J connectivity index is 1.85. The van der Waals surface area contributed by atoms with Gasteiger partial charge < -0.3 is 20.1 Å². The first-order valence-corrected chi connectivity index (χ1v) is 8.65. The van der Waals surface area contributed by atoms with Gasteiger partial charge in [0.15, 0.2) is 6.61 Å². The van der Waals surface area contributed by atoms with E-state index < -0.39 is 11.9 Å². The summed E-state index contributed by atoms with van der Waals surface area (Å²) >= 11 is 0. The predicted molar refractivity (Wildman–Crippen MR) is 96.1 cm³/mol. The van der Waals surface area contributed by atoms with Crippen molar-refractivity contribution in [3.8, 4) is 5.75 Å². The van der Waals surface area contributed by atoms with Crippen molar-refractivity contribution in [3.05, 3.63) is 35.9 Å². The van der Waals surface area contributed by atoms with Gasteiger partial charge in [0.25, 0.3) is 5.91 Å². The first-order chi connectivity index (χ1) is 12.5. The predicted octanol–water partition coefficient (Wildman–Crippen LogP) is 1.37. The third-order valence-electron chi connectivity index (χ3n) is 4.13. The second-order valence-corrected chi connectivity index (χ2v) is 5.99. The lowest BCUT2D eigenvalue weighted by molar-refractivity contribution is -0.149. The number of primary amides is 1. The van der Waals surface area contributed by atoms with Gasteiger partial charge in [-0.15, -0.1) is 0 Å². The van der Waals surface area contributed by atoms with Crippen molar-refractivity contribution in [2.24, 2.45) is 11.7 Å². The Morgan fingerprint density at radius 3 is 2.81 bits per heavy atom. The molecule has 140 valence electrons. The van der Waals surface area contributed by atoms with E-state index >= 15 is 0 Å². The van der Waals surface area contributed by atoms with Gasteiger partial charge in [0, 0.05) is 24.7 Å². The van der Waals surface area contributed by atoms with Crippen LogP contribution in [0.5, 0.6) is 5.75 Å². The monoisotopic (exact) mass is 360 g/mol. The van der Waals surface area contributed by atoms with Crippen LogP contribution in [0.1, 0.15) is 25.3 Å². The highest BCUT2D eigenvalue weighted by Gasteiger charge is 2.27. The number of amides is 2. The van der Waals surface area contributed by atoms with Crippen molar-refractivity contribution >= 4 is 23.9 Å². The Labute approximate surface area is 152 Å². The molecule has 7 heteroatoms. The van der Waals surface area contributed by atoms with E-state index in [4.69, 9.17) is 15.2 Å². The Morgan fingerprint density at radius 2 is 2.08 bits per heavy atom. The number of para-hydroxylation sites is 1. The van der Waals surface area contributed by atoms with Gasteiger partial charge in [-0.1, -0.05) is 18.2 Å². The summed E-state index contributed by atoms with van der Waals surface area (Å²) in [5, 5.41) is 0. The van der Waals surface area contributed by atoms with Crippen LogP contribution in [0.2, 0.25) is 0 Å². The van der Waals surface area contributed by atoms with E-state index in [0.717, 1.165) is 5.56 Å². The number of ether oxygens (including phenoxy) is 2. The molecular weight excluding hydrogens is 336 g/mol. The first kappa shape index (κ1) is 19.5. The van der Waals surface area contributed by atoms with E-state index in [0.29, 0.717) is 31.7 Å². The third kappa shape index (κ3) is 5.61. The standard InChI is InChI=1S/C19H24N2O5/c1-2-25-16-8-4-3-6-14(16)9-10-18(23)26-13-17(22)21-11-5-7-15(12-21)19(20)24/h3-4,6,8-10,15H,2,5,7,11-13H2,1H3,(H2,20,24)/b10-9+/t15-/m1/s1. The zero-order valence-corrected chi connectivity index (χ0v) is 14.8. The van der Waals surface area contributed by atoms with Crippen molar-refractivity contribution in [2.75, 3.05) is 26.3 Å². The lowest BCUT2D eigenvalue weighted by Crippen LogP contribution is -2.45. The molecule has 0 aromatic heterocycles. The largest absolute Gasteiger partial charge is 0.493 e. The number of carbonyl (C=O) groups excluding carboxylic acids is 3. The Hall–Kier alpha value is -2.83. The molecule has 0 spiro atoms. The van der Waals surface area contributed by atoms with Gasteiger partial charge in [0.05, 0.1) is 12.5 Å². The van der Waals surface area contributed by atoms with Crippen LogP contribution in [0.25, 0.3) is 6.08 Å². The number of hydrogen-bond donors (Lipinski definition) is 1. The maximum Gasteiger partial charge on any atom is 0.331 e. The molecular formula is C19H24N2O5. The molecule has 0 unspecified atom stereocenters. The molecule has 0 aliphatic carbocycles. The summed E-state index contributed by atoms with van der Waals surface area (Å²) < 4.78 is 10.5. The van der Waals surface area contributed by atoms with Crippen LogP contribution >= 0.6 is 0 Å². The smallest absolute Gasteiger partial charge is 0.331 e. The van der Waals surface area contributed by atoms with Crippen LogP contribution in [0.3, 0.4) is 0 Å². The number of nitrogens with two attached hydrogens (primary N) is 1. The lowest BCUT2D eigenvalue weighted by Gasteiger charge is -2.30. The molecule has 2 rings (SSSR count). The number of likely N-dealkylation sites (tertiary alicyclic amines) is 1. The fraction of sp³-hybridized carbons (Fsp3) is 0.421. The molecule has 1 aromatic carbocycles. The average Bonchev–Trinajstić information content (AvgIpc) is 2.65. The number of esters is 1. The highest BCUT2D eigenvalue weighted by molar-refractivity contribution is 5.89. The number of piperidine rings is 1. The van der Waals surface area contributed by atoms with Crippen LogP contribution in [-0.4, -0.2) is 49.0 Å². The SMILES string of the molecule is CCOc1ccccc1/C=C/C(=O)OCC(=O)N1CCC[C@@H](C(N)=O)C1. The summed E-state index contributed by atoms with van der Waals surface area (Å²) in [6, 6.07) is 7.31. The van der Waals surface area contributed by atoms with Gasteiger partial charge in [0.1, 0.15) is 5.75 Å². The van der Waals surface area contributed by atoms with E-state index in [9.17, 15) is 14.4 Å². The minimum atomic E-state index is -0.617. The molecule has 1 aliphatic heterocycles.